The SMILES string of the molecule is COc1cccc(CN2C(=O)c3cc(Br)ccc3C23CCC(C(N)=O)C3)c1. The molecule has 2 aliphatic rings. The first-order chi connectivity index (χ1) is 12.9. The van der Waals surface area contributed by atoms with Gasteiger partial charge in [-0.05, 0) is 54.7 Å². The third-order valence-corrected chi connectivity index (χ3v) is 6.34. The second-order valence-corrected chi connectivity index (χ2v) is 8.22. The summed E-state index contributed by atoms with van der Waals surface area (Å²) < 4.78 is 6.19. The highest BCUT2D eigenvalue weighted by molar-refractivity contribution is 9.10. The lowest BCUT2D eigenvalue weighted by molar-refractivity contribution is -0.121. The zero-order valence-corrected chi connectivity index (χ0v) is 16.7. The molecule has 27 heavy (non-hydrogen) atoms. The Labute approximate surface area is 166 Å². The zero-order chi connectivity index (χ0) is 19.2. The van der Waals surface area contributed by atoms with E-state index < -0.39 is 5.54 Å². The third kappa shape index (κ3) is 2.92. The van der Waals surface area contributed by atoms with Crippen LogP contribution in [0.1, 0.15) is 40.7 Å². The van der Waals surface area contributed by atoms with Crippen LogP contribution < -0.4 is 10.5 Å². The number of carbonyl (C=O) groups excluding carboxylic acids is 2. The first kappa shape index (κ1) is 18.0. The van der Waals surface area contributed by atoms with Crippen LogP contribution in [0.4, 0.5) is 0 Å². The van der Waals surface area contributed by atoms with Crippen LogP contribution in [0.2, 0.25) is 0 Å². The lowest BCUT2D eigenvalue weighted by Crippen LogP contribution is -2.42. The highest BCUT2D eigenvalue weighted by atomic mass is 79.9. The molecule has 2 aromatic rings. The number of fused-ring (bicyclic) bond motifs is 2. The maximum absolute atomic E-state index is 13.3. The van der Waals surface area contributed by atoms with Crippen molar-refractivity contribution in [2.75, 3.05) is 7.11 Å². The van der Waals surface area contributed by atoms with Gasteiger partial charge < -0.3 is 15.4 Å². The average molecular weight is 429 g/mol. The van der Waals surface area contributed by atoms with E-state index in [1.807, 2.05) is 47.4 Å². The van der Waals surface area contributed by atoms with Gasteiger partial charge in [-0.25, -0.2) is 0 Å². The van der Waals surface area contributed by atoms with E-state index in [1.54, 1.807) is 7.11 Å². The first-order valence-corrected chi connectivity index (χ1v) is 9.78. The van der Waals surface area contributed by atoms with E-state index >= 15 is 0 Å². The number of rotatable bonds is 4. The van der Waals surface area contributed by atoms with Gasteiger partial charge in [0, 0.05) is 22.5 Å². The lowest BCUT2D eigenvalue weighted by Gasteiger charge is -2.36. The molecule has 5 nitrogen and oxygen atoms in total. The van der Waals surface area contributed by atoms with E-state index in [0.29, 0.717) is 24.9 Å². The van der Waals surface area contributed by atoms with Gasteiger partial charge in [-0.15, -0.1) is 0 Å². The largest absolute Gasteiger partial charge is 0.497 e. The summed E-state index contributed by atoms with van der Waals surface area (Å²) in [5, 5.41) is 0. The van der Waals surface area contributed by atoms with E-state index in [1.165, 1.54) is 0 Å². The summed E-state index contributed by atoms with van der Waals surface area (Å²) in [6.45, 7) is 0.466. The Kier molecular flexibility index (Phi) is 4.46. The molecule has 0 aromatic heterocycles. The Bertz CT molecular complexity index is 929. The van der Waals surface area contributed by atoms with Crippen molar-refractivity contribution in [3.05, 3.63) is 63.6 Å². The number of halogens is 1. The van der Waals surface area contributed by atoms with Gasteiger partial charge in [-0.1, -0.05) is 34.1 Å². The molecule has 1 spiro atoms. The Morgan fingerprint density at radius 3 is 2.85 bits per heavy atom. The molecule has 2 unspecified atom stereocenters. The van der Waals surface area contributed by atoms with Crippen LogP contribution in [0.5, 0.6) is 5.75 Å². The van der Waals surface area contributed by atoms with E-state index in [-0.39, 0.29) is 17.7 Å². The summed E-state index contributed by atoms with van der Waals surface area (Å²) in [5.74, 6) is 0.264. The van der Waals surface area contributed by atoms with Gasteiger partial charge in [-0.3, -0.25) is 9.59 Å². The first-order valence-electron chi connectivity index (χ1n) is 8.99. The number of hydrogen-bond donors (Lipinski definition) is 1. The van der Waals surface area contributed by atoms with Gasteiger partial charge in [0.15, 0.2) is 0 Å². The van der Waals surface area contributed by atoms with Crippen molar-refractivity contribution >= 4 is 27.7 Å². The Hall–Kier alpha value is -2.34. The molecule has 0 radical (unpaired) electrons. The molecule has 2 aromatic carbocycles. The molecule has 4 rings (SSSR count). The highest BCUT2D eigenvalue weighted by Gasteiger charge is 2.54. The maximum atomic E-state index is 13.3. The average Bonchev–Trinajstić information content (AvgIpc) is 3.19. The second-order valence-electron chi connectivity index (χ2n) is 7.31. The number of primary amides is 1. The number of ether oxygens (including phenoxy) is 1. The minimum Gasteiger partial charge on any atom is -0.497 e. The maximum Gasteiger partial charge on any atom is 0.255 e. The third-order valence-electron chi connectivity index (χ3n) is 5.84. The molecule has 2 amide bonds. The van der Waals surface area contributed by atoms with Crippen LogP contribution in [-0.4, -0.2) is 23.8 Å². The summed E-state index contributed by atoms with van der Waals surface area (Å²) in [5.41, 5.74) is 7.83. The normalized spacial score (nSPS) is 23.7. The quantitative estimate of drug-likeness (QED) is 0.808. The number of nitrogens with two attached hydrogens (primary N) is 1. The second kappa shape index (κ2) is 6.68. The molecule has 1 saturated carbocycles. The standard InChI is InChI=1S/C21H21BrN2O3/c1-27-16-4-2-3-13(9-16)12-24-20(26)17-10-15(22)5-6-18(17)21(24)8-7-14(11-21)19(23)25/h2-6,9-10,14H,7-8,11-12H2,1H3,(H2,23,25). The van der Waals surface area contributed by atoms with Crippen LogP contribution in [0.15, 0.2) is 46.9 Å². The summed E-state index contributed by atoms with van der Waals surface area (Å²) >= 11 is 3.47. The molecule has 2 N–H and O–H groups in total. The van der Waals surface area contributed by atoms with Crippen LogP contribution in [-0.2, 0) is 16.9 Å². The number of benzene rings is 2. The van der Waals surface area contributed by atoms with Crippen LogP contribution in [0.3, 0.4) is 0 Å². The van der Waals surface area contributed by atoms with E-state index in [9.17, 15) is 9.59 Å². The molecule has 1 aliphatic heterocycles. The number of amides is 2. The lowest BCUT2D eigenvalue weighted by atomic mass is 9.86. The van der Waals surface area contributed by atoms with E-state index in [4.69, 9.17) is 10.5 Å². The van der Waals surface area contributed by atoms with Crippen LogP contribution in [0, 0.1) is 5.92 Å². The van der Waals surface area contributed by atoms with E-state index in [2.05, 4.69) is 15.9 Å². The molecule has 1 heterocycles. The van der Waals surface area contributed by atoms with Crippen LogP contribution in [0.25, 0.3) is 0 Å². The van der Waals surface area contributed by atoms with Crippen LogP contribution >= 0.6 is 15.9 Å². The number of carbonyl (C=O) groups is 2. The summed E-state index contributed by atoms with van der Waals surface area (Å²) in [6, 6.07) is 13.6. The predicted octanol–water partition coefficient (Wildman–Crippen LogP) is 3.59. The molecule has 1 aliphatic carbocycles. The smallest absolute Gasteiger partial charge is 0.255 e. The van der Waals surface area contributed by atoms with Crippen molar-refractivity contribution < 1.29 is 14.3 Å². The van der Waals surface area contributed by atoms with Gasteiger partial charge in [0.2, 0.25) is 5.91 Å². The number of nitrogens with zero attached hydrogens (tertiary/aromatic N) is 1. The van der Waals surface area contributed by atoms with Gasteiger partial charge in [0.1, 0.15) is 5.75 Å². The van der Waals surface area contributed by atoms with Gasteiger partial charge in [-0.2, -0.15) is 0 Å². The van der Waals surface area contributed by atoms with E-state index in [0.717, 1.165) is 27.8 Å². The number of hydrogen-bond acceptors (Lipinski definition) is 3. The summed E-state index contributed by atoms with van der Waals surface area (Å²) in [4.78, 5) is 27.1. The molecule has 0 saturated heterocycles. The topological polar surface area (TPSA) is 72.6 Å². The molecule has 1 fully saturated rings. The monoisotopic (exact) mass is 428 g/mol. The van der Waals surface area contributed by atoms with Gasteiger partial charge in [0.25, 0.3) is 5.91 Å². The fourth-order valence-electron chi connectivity index (χ4n) is 4.52. The van der Waals surface area contributed by atoms with Crippen molar-refractivity contribution in [3.8, 4) is 5.75 Å². The van der Waals surface area contributed by atoms with Crippen molar-refractivity contribution in [1.82, 2.24) is 4.90 Å². The molecule has 140 valence electrons. The van der Waals surface area contributed by atoms with Crippen molar-refractivity contribution in [3.63, 3.8) is 0 Å². The van der Waals surface area contributed by atoms with Crippen molar-refractivity contribution in [2.45, 2.75) is 31.3 Å². The van der Waals surface area contributed by atoms with Crippen molar-refractivity contribution in [2.24, 2.45) is 11.7 Å². The fourth-order valence-corrected chi connectivity index (χ4v) is 4.88. The molecule has 6 heteroatoms. The number of methoxy groups -OCH3 is 1. The van der Waals surface area contributed by atoms with Gasteiger partial charge in [0.05, 0.1) is 12.6 Å². The molecule has 2 atom stereocenters. The summed E-state index contributed by atoms with van der Waals surface area (Å²) in [6.07, 6.45) is 2.02. The zero-order valence-electron chi connectivity index (χ0n) is 15.1. The predicted molar refractivity (Wildman–Crippen MR) is 105 cm³/mol. The highest BCUT2D eigenvalue weighted by Crippen LogP contribution is 2.52. The minimum absolute atomic E-state index is 0.000703. The Balaban J connectivity index is 1.77. The Morgan fingerprint density at radius 2 is 2.15 bits per heavy atom. The molecule has 0 bridgehead atoms. The summed E-state index contributed by atoms with van der Waals surface area (Å²) in [7, 11) is 1.63. The minimum atomic E-state index is -0.476. The fraction of sp³-hybridized carbons (Fsp3) is 0.333. The van der Waals surface area contributed by atoms with Crippen molar-refractivity contribution in [1.29, 1.82) is 0 Å². The Morgan fingerprint density at radius 1 is 1.33 bits per heavy atom. The van der Waals surface area contributed by atoms with Gasteiger partial charge >= 0.3 is 0 Å². The molecular formula is C21H21BrN2O3. The molecular weight excluding hydrogens is 408 g/mol.